The monoisotopic (exact) mass is 598 g/mol. The highest BCUT2D eigenvalue weighted by molar-refractivity contribution is 5.91. The molecule has 6 nitrogen and oxygen atoms in total. The Balaban J connectivity index is 1.20. The largest absolute Gasteiger partial charge is 0.335 e. The molecule has 45 heavy (non-hydrogen) atoms. The standard InChI is InChI=1S/C39H42N4O2/c44-37(40-29-11-3-1-4-12-29)42-31-23-19-27(20-24-31)39(35-17-9-7-15-33(35)34-16-8-10-18-36(34)39)28-21-25-32(26-22-28)43-38(45)41-30-13-5-2-6-14-30/h7-10,15-26,29-30H,1-6,11-14H2,(H2,40,42,44)(H2,41,43,45). The van der Waals surface area contributed by atoms with Gasteiger partial charge < -0.3 is 21.3 Å². The van der Waals surface area contributed by atoms with Gasteiger partial charge in [0.15, 0.2) is 0 Å². The van der Waals surface area contributed by atoms with E-state index in [0.717, 1.165) is 48.2 Å². The summed E-state index contributed by atoms with van der Waals surface area (Å²) in [6.07, 6.45) is 11.4. The summed E-state index contributed by atoms with van der Waals surface area (Å²) in [5.74, 6) is 0. The molecule has 4 aromatic rings. The lowest BCUT2D eigenvalue weighted by Crippen LogP contribution is -2.39. The van der Waals surface area contributed by atoms with Crippen LogP contribution in [-0.4, -0.2) is 24.1 Å². The van der Waals surface area contributed by atoms with E-state index in [1.165, 1.54) is 60.8 Å². The number of carbonyl (C=O) groups is 2. The van der Waals surface area contributed by atoms with Gasteiger partial charge in [0.2, 0.25) is 0 Å². The van der Waals surface area contributed by atoms with Gasteiger partial charge >= 0.3 is 12.1 Å². The highest BCUT2D eigenvalue weighted by Crippen LogP contribution is 2.56. The SMILES string of the molecule is O=C(Nc1ccc(C2(c3ccc(NC(=O)NC4CCCCC4)cc3)c3ccccc3-c3ccccc32)cc1)NC1CCCCC1. The third kappa shape index (κ3) is 5.82. The highest BCUT2D eigenvalue weighted by atomic mass is 16.2. The van der Waals surface area contributed by atoms with Crippen molar-refractivity contribution in [1.82, 2.24) is 10.6 Å². The van der Waals surface area contributed by atoms with Gasteiger partial charge in [-0.2, -0.15) is 0 Å². The third-order valence-corrected chi connectivity index (χ3v) is 9.98. The van der Waals surface area contributed by atoms with Crippen molar-refractivity contribution in [3.63, 3.8) is 0 Å². The van der Waals surface area contributed by atoms with E-state index in [1.54, 1.807) is 0 Å². The third-order valence-electron chi connectivity index (χ3n) is 9.98. The molecule has 0 radical (unpaired) electrons. The summed E-state index contributed by atoms with van der Waals surface area (Å²) < 4.78 is 0. The summed E-state index contributed by atoms with van der Waals surface area (Å²) in [4.78, 5) is 25.6. The molecular weight excluding hydrogens is 556 g/mol. The Morgan fingerprint density at radius 3 is 1.27 bits per heavy atom. The van der Waals surface area contributed by atoms with Gasteiger partial charge in [-0.25, -0.2) is 9.59 Å². The number of benzene rings is 4. The molecule has 0 unspecified atom stereocenters. The van der Waals surface area contributed by atoms with E-state index in [2.05, 4.69) is 94.1 Å². The molecule has 0 heterocycles. The van der Waals surface area contributed by atoms with Crippen molar-refractivity contribution >= 4 is 23.4 Å². The van der Waals surface area contributed by atoms with Crippen molar-refractivity contribution < 1.29 is 9.59 Å². The van der Waals surface area contributed by atoms with Crippen LogP contribution >= 0.6 is 0 Å². The lowest BCUT2D eigenvalue weighted by molar-refractivity contribution is 0.243. The number of fused-ring (bicyclic) bond motifs is 3. The summed E-state index contributed by atoms with van der Waals surface area (Å²) >= 11 is 0. The molecule has 2 saturated carbocycles. The minimum Gasteiger partial charge on any atom is -0.335 e. The fourth-order valence-corrected chi connectivity index (χ4v) is 7.83. The molecule has 4 N–H and O–H groups in total. The second-order valence-corrected chi connectivity index (χ2v) is 12.9. The molecule has 0 atom stereocenters. The molecule has 0 saturated heterocycles. The van der Waals surface area contributed by atoms with E-state index < -0.39 is 5.41 Å². The van der Waals surface area contributed by atoms with Crippen molar-refractivity contribution in [1.29, 1.82) is 0 Å². The first-order valence-corrected chi connectivity index (χ1v) is 16.7. The van der Waals surface area contributed by atoms with Crippen molar-refractivity contribution in [3.05, 3.63) is 119 Å². The number of nitrogens with one attached hydrogen (secondary N) is 4. The zero-order valence-corrected chi connectivity index (χ0v) is 25.8. The van der Waals surface area contributed by atoms with Gasteiger partial charge in [-0.1, -0.05) is 111 Å². The fraction of sp³-hybridized carbons (Fsp3) is 0.333. The smallest absolute Gasteiger partial charge is 0.319 e. The lowest BCUT2D eigenvalue weighted by Gasteiger charge is -2.34. The fourth-order valence-electron chi connectivity index (χ4n) is 7.83. The summed E-state index contributed by atoms with van der Waals surface area (Å²) in [6.45, 7) is 0. The van der Waals surface area contributed by atoms with E-state index in [0.29, 0.717) is 0 Å². The molecule has 0 bridgehead atoms. The van der Waals surface area contributed by atoms with Crippen LogP contribution < -0.4 is 21.3 Å². The second kappa shape index (κ2) is 12.8. The number of hydrogen-bond donors (Lipinski definition) is 4. The van der Waals surface area contributed by atoms with Gasteiger partial charge in [0.05, 0.1) is 5.41 Å². The molecule has 4 amide bonds. The molecule has 0 spiro atoms. The number of amides is 4. The molecule has 4 aromatic carbocycles. The lowest BCUT2D eigenvalue weighted by atomic mass is 9.67. The van der Waals surface area contributed by atoms with Gasteiger partial charge in [-0.05, 0) is 83.3 Å². The molecule has 6 heteroatoms. The Kier molecular flexibility index (Phi) is 8.29. The average Bonchev–Trinajstić information content (AvgIpc) is 3.37. The van der Waals surface area contributed by atoms with E-state index in [9.17, 15) is 9.59 Å². The van der Waals surface area contributed by atoms with Crippen LogP contribution in [0.4, 0.5) is 21.0 Å². The Hall–Kier alpha value is -4.58. The normalized spacial score (nSPS) is 17.5. The molecule has 3 aliphatic carbocycles. The Labute approximate surface area is 266 Å². The number of carbonyl (C=O) groups excluding carboxylic acids is 2. The van der Waals surface area contributed by atoms with E-state index in [1.807, 2.05) is 24.3 Å². The minimum absolute atomic E-state index is 0.142. The van der Waals surface area contributed by atoms with Crippen LogP contribution in [0.5, 0.6) is 0 Å². The van der Waals surface area contributed by atoms with Gasteiger partial charge in [0, 0.05) is 23.5 Å². The molecular formula is C39H42N4O2. The first-order chi connectivity index (χ1) is 22.1. The summed E-state index contributed by atoms with van der Waals surface area (Å²) in [7, 11) is 0. The van der Waals surface area contributed by atoms with Gasteiger partial charge in [-0.15, -0.1) is 0 Å². The van der Waals surface area contributed by atoms with E-state index in [-0.39, 0.29) is 24.1 Å². The van der Waals surface area contributed by atoms with Crippen molar-refractivity contribution in [3.8, 4) is 11.1 Å². The Morgan fingerprint density at radius 1 is 0.489 bits per heavy atom. The molecule has 0 aliphatic heterocycles. The maximum atomic E-state index is 12.8. The molecule has 0 aromatic heterocycles. The van der Waals surface area contributed by atoms with Crippen molar-refractivity contribution in [2.45, 2.75) is 81.7 Å². The number of anilines is 2. The number of hydrogen-bond acceptors (Lipinski definition) is 2. The maximum Gasteiger partial charge on any atom is 0.319 e. The minimum atomic E-state index is -0.557. The van der Waals surface area contributed by atoms with Gasteiger partial charge in [-0.3, -0.25) is 0 Å². The molecule has 2 fully saturated rings. The van der Waals surface area contributed by atoms with Crippen molar-refractivity contribution in [2.75, 3.05) is 10.6 Å². The van der Waals surface area contributed by atoms with E-state index in [4.69, 9.17) is 0 Å². The Bertz CT molecular complexity index is 1530. The summed E-state index contributed by atoms with van der Waals surface area (Å²) in [5, 5.41) is 12.4. The molecule has 3 aliphatic rings. The van der Waals surface area contributed by atoms with Gasteiger partial charge in [0.25, 0.3) is 0 Å². The zero-order valence-electron chi connectivity index (χ0n) is 25.8. The second-order valence-electron chi connectivity index (χ2n) is 12.9. The quantitative estimate of drug-likeness (QED) is 0.157. The maximum absolute atomic E-state index is 12.8. The van der Waals surface area contributed by atoms with Crippen LogP contribution in [0.1, 0.15) is 86.5 Å². The first kappa shape index (κ1) is 29.1. The predicted molar refractivity (Wildman–Crippen MR) is 182 cm³/mol. The van der Waals surface area contributed by atoms with Crippen LogP contribution in [-0.2, 0) is 5.41 Å². The van der Waals surface area contributed by atoms with Crippen LogP contribution in [0, 0.1) is 0 Å². The predicted octanol–water partition coefficient (Wildman–Crippen LogP) is 8.96. The number of urea groups is 2. The van der Waals surface area contributed by atoms with Crippen molar-refractivity contribution in [2.24, 2.45) is 0 Å². The molecule has 7 rings (SSSR count). The average molecular weight is 599 g/mol. The zero-order chi connectivity index (χ0) is 30.6. The van der Waals surface area contributed by atoms with Gasteiger partial charge in [0.1, 0.15) is 0 Å². The Morgan fingerprint density at radius 2 is 0.867 bits per heavy atom. The highest BCUT2D eigenvalue weighted by Gasteiger charge is 2.45. The van der Waals surface area contributed by atoms with Crippen LogP contribution in [0.15, 0.2) is 97.1 Å². The summed E-state index contributed by atoms with van der Waals surface area (Å²) in [6, 6.07) is 34.1. The van der Waals surface area contributed by atoms with Crippen LogP contribution in [0.25, 0.3) is 11.1 Å². The first-order valence-electron chi connectivity index (χ1n) is 16.7. The topological polar surface area (TPSA) is 82.3 Å². The van der Waals surface area contributed by atoms with E-state index >= 15 is 0 Å². The molecule has 230 valence electrons. The number of rotatable bonds is 6. The van der Waals surface area contributed by atoms with Crippen LogP contribution in [0.2, 0.25) is 0 Å². The summed E-state index contributed by atoms with van der Waals surface area (Å²) in [5.41, 5.74) is 8.10. The van der Waals surface area contributed by atoms with Crippen LogP contribution in [0.3, 0.4) is 0 Å².